The van der Waals surface area contributed by atoms with Crippen molar-refractivity contribution in [2.24, 2.45) is 0 Å². The maximum Gasteiger partial charge on any atom is 0.261 e. The quantitative estimate of drug-likeness (QED) is 0.159. The Morgan fingerprint density at radius 2 is 1.67 bits per heavy atom. The van der Waals surface area contributed by atoms with E-state index in [1.807, 2.05) is 16.8 Å². The lowest BCUT2D eigenvalue weighted by molar-refractivity contribution is 0.281. The van der Waals surface area contributed by atoms with Crippen LogP contribution in [0.4, 0.5) is 5.82 Å². The molecule has 45 heavy (non-hydrogen) atoms. The number of rotatable bonds is 13. The van der Waals surface area contributed by atoms with Crippen molar-refractivity contribution in [1.29, 1.82) is 5.26 Å². The molecule has 9 heteroatoms. The predicted octanol–water partition coefficient (Wildman–Crippen LogP) is 6.10. The monoisotopic (exact) mass is 617 g/mol. The molecule has 1 N–H and O–H groups in total. The van der Waals surface area contributed by atoms with E-state index < -0.39 is 8.32 Å². The first-order chi connectivity index (χ1) is 21.8. The average Bonchev–Trinajstić information content (AvgIpc) is 3.47. The molecule has 8 nitrogen and oxygen atoms in total. The Morgan fingerprint density at radius 1 is 0.978 bits per heavy atom. The molecular formula is C36H41N6O2Si. The van der Waals surface area contributed by atoms with Crippen molar-refractivity contribution in [2.75, 3.05) is 19.0 Å². The Labute approximate surface area is 267 Å². The standard InChI is InChI=1S/C36H41N6O2Si/c1-6-13-29(20-21-44-45(36(2,3)4,30-14-9-7-10-15-30)31-16-11-8-12-17-31)41-35-34-32(38-26-39-35)24-40-42(34)25-28-22-27(23-37)18-19-33(28)43-5/h7-12,14-19,22,24,29H,6,13,20-21,25H2,1-5H3,(H,38,39,41)/t29-/m0/s1. The number of anilines is 1. The van der Waals surface area contributed by atoms with Crippen LogP contribution in [0.1, 0.15) is 58.1 Å². The first kappa shape index (κ1) is 31.9. The summed E-state index contributed by atoms with van der Waals surface area (Å²) in [7, 11) is -1.02. The highest BCUT2D eigenvalue weighted by Gasteiger charge is 2.50. The third-order valence-electron chi connectivity index (χ3n) is 8.29. The highest BCUT2D eigenvalue weighted by molar-refractivity contribution is 6.99. The van der Waals surface area contributed by atoms with E-state index in [1.165, 1.54) is 10.4 Å². The minimum atomic E-state index is -2.64. The fourth-order valence-corrected chi connectivity index (χ4v) is 10.8. The van der Waals surface area contributed by atoms with E-state index in [1.54, 1.807) is 19.4 Å². The number of hydrogen-bond donors (Lipinski definition) is 1. The van der Waals surface area contributed by atoms with Crippen LogP contribution in [-0.2, 0) is 11.0 Å². The molecule has 231 valence electrons. The van der Waals surface area contributed by atoms with E-state index >= 15 is 0 Å². The minimum absolute atomic E-state index is 0.0897. The summed E-state index contributed by atoms with van der Waals surface area (Å²) in [6.45, 7) is 10.1. The van der Waals surface area contributed by atoms with Gasteiger partial charge in [-0.2, -0.15) is 10.4 Å². The van der Waals surface area contributed by atoms with Gasteiger partial charge in [0.2, 0.25) is 6.33 Å². The Hall–Kier alpha value is -4.52. The SMILES string of the molecule is CCC[C@@H](CCO[Si](c1ccccc1)(c1ccccc1)C(C)(C)C)Nc1n[c]nc2cnn(Cc3cc(C#N)ccc3OC)c12. The highest BCUT2D eigenvalue weighted by Crippen LogP contribution is 2.37. The Morgan fingerprint density at radius 3 is 2.27 bits per heavy atom. The summed E-state index contributed by atoms with van der Waals surface area (Å²) in [6.07, 6.45) is 7.28. The van der Waals surface area contributed by atoms with Crippen molar-refractivity contribution < 1.29 is 9.16 Å². The van der Waals surface area contributed by atoms with Gasteiger partial charge in [0.25, 0.3) is 8.32 Å². The predicted molar refractivity (Wildman–Crippen MR) is 181 cm³/mol. The maximum atomic E-state index is 9.46. The summed E-state index contributed by atoms with van der Waals surface area (Å²) in [5.74, 6) is 1.37. The van der Waals surface area contributed by atoms with Crippen LogP contribution in [0.3, 0.4) is 0 Å². The van der Waals surface area contributed by atoms with Gasteiger partial charge in [0.15, 0.2) is 5.82 Å². The van der Waals surface area contributed by atoms with Gasteiger partial charge in [-0.25, -0.2) is 9.97 Å². The molecule has 1 radical (unpaired) electrons. The zero-order chi connectivity index (χ0) is 31.9. The topological polar surface area (TPSA) is 97.9 Å². The van der Waals surface area contributed by atoms with Crippen LogP contribution >= 0.6 is 0 Å². The summed E-state index contributed by atoms with van der Waals surface area (Å²) in [4.78, 5) is 8.91. The van der Waals surface area contributed by atoms with Crippen LogP contribution in [0.2, 0.25) is 5.04 Å². The number of nitrogens with one attached hydrogen (secondary N) is 1. The third kappa shape index (κ3) is 6.77. The molecule has 2 aromatic heterocycles. The van der Waals surface area contributed by atoms with Gasteiger partial charge in [0.1, 0.15) is 16.8 Å². The van der Waals surface area contributed by atoms with Crippen LogP contribution in [0.25, 0.3) is 11.0 Å². The number of aromatic nitrogens is 4. The fourth-order valence-electron chi connectivity index (χ4n) is 6.18. The zero-order valence-electron chi connectivity index (χ0n) is 26.7. The second-order valence-corrected chi connectivity index (χ2v) is 16.6. The number of ether oxygens (including phenoxy) is 1. The van der Waals surface area contributed by atoms with Gasteiger partial charge >= 0.3 is 0 Å². The molecule has 0 amide bonds. The molecule has 5 aromatic rings. The Kier molecular flexibility index (Phi) is 9.96. The molecule has 0 bridgehead atoms. The van der Waals surface area contributed by atoms with Crippen molar-refractivity contribution in [1.82, 2.24) is 19.7 Å². The van der Waals surface area contributed by atoms with Crippen LogP contribution in [-0.4, -0.2) is 47.8 Å². The Bertz CT molecular complexity index is 1710. The van der Waals surface area contributed by atoms with E-state index in [-0.39, 0.29) is 11.1 Å². The van der Waals surface area contributed by atoms with Gasteiger partial charge in [0, 0.05) is 18.2 Å². The number of methoxy groups -OCH3 is 1. The van der Waals surface area contributed by atoms with Gasteiger partial charge in [-0.1, -0.05) is 94.8 Å². The van der Waals surface area contributed by atoms with Gasteiger partial charge in [-0.05, 0) is 46.5 Å². The molecule has 0 saturated carbocycles. The molecule has 5 rings (SSSR count). The number of nitrogens with zero attached hydrogens (tertiary/aromatic N) is 5. The maximum absolute atomic E-state index is 9.46. The third-order valence-corrected chi connectivity index (χ3v) is 13.3. The number of fused-ring (bicyclic) bond motifs is 1. The summed E-state index contributed by atoms with van der Waals surface area (Å²) in [5.41, 5.74) is 2.90. The van der Waals surface area contributed by atoms with Gasteiger partial charge in [-0.3, -0.25) is 4.68 Å². The van der Waals surface area contributed by atoms with E-state index in [4.69, 9.17) is 9.16 Å². The summed E-state index contributed by atoms with van der Waals surface area (Å²) in [5, 5.41) is 20.2. The van der Waals surface area contributed by atoms with E-state index in [2.05, 4.69) is 121 Å². The van der Waals surface area contributed by atoms with Gasteiger partial charge < -0.3 is 14.5 Å². The number of hydrogen-bond acceptors (Lipinski definition) is 7. The van der Waals surface area contributed by atoms with Gasteiger partial charge in [-0.15, -0.1) is 0 Å². The molecule has 0 spiro atoms. The smallest absolute Gasteiger partial charge is 0.261 e. The molecule has 0 aliphatic heterocycles. The first-order valence-corrected chi connectivity index (χ1v) is 17.4. The fraction of sp³-hybridized carbons (Fsp3) is 0.333. The van der Waals surface area contributed by atoms with Crippen LogP contribution in [0.15, 0.2) is 85.1 Å². The number of benzene rings is 3. The Balaban J connectivity index is 1.42. The summed E-state index contributed by atoms with van der Waals surface area (Å²) >= 11 is 0. The lowest BCUT2D eigenvalue weighted by Gasteiger charge is -2.43. The van der Waals surface area contributed by atoms with Crippen molar-refractivity contribution in [3.63, 3.8) is 0 Å². The van der Waals surface area contributed by atoms with Crippen LogP contribution < -0.4 is 20.4 Å². The lowest BCUT2D eigenvalue weighted by atomic mass is 10.1. The van der Waals surface area contributed by atoms with Gasteiger partial charge in [0.05, 0.1) is 31.5 Å². The second-order valence-electron chi connectivity index (χ2n) is 12.3. The molecule has 0 aliphatic rings. The minimum Gasteiger partial charge on any atom is -0.496 e. The molecule has 0 aliphatic carbocycles. The highest BCUT2D eigenvalue weighted by atomic mass is 28.4. The van der Waals surface area contributed by atoms with Crippen LogP contribution in [0.5, 0.6) is 5.75 Å². The van der Waals surface area contributed by atoms with Crippen LogP contribution in [0, 0.1) is 17.7 Å². The molecule has 0 unspecified atom stereocenters. The molecule has 0 saturated heterocycles. The van der Waals surface area contributed by atoms with Crippen molar-refractivity contribution in [3.8, 4) is 11.8 Å². The molecule has 0 fully saturated rings. The van der Waals surface area contributed by atoms with Crippen molar-refractivity contribution >= 4 is 35.5 Å². The first-order valence-electron chi connectivity index (χ1n) is 15.5. The van der Waals surface area contributed by atoms with E-state index in [9.17, 15) is 5.26 Å². The zero-order valence-corrected chi connectivity index (χ0v) is 27.7. The molecule has 1 atom stereocenters. The normalized spacial score (nSPS) is 12.5. The molecule has 3 aromatic carbocycles. The summed E-state index contributed by atoms with van der Waals surface area (Å²) < 4.78 is 14.6. The average molecular weight is 618 g/mol. The lowest BCUT2D eigenvalue weighted by Crippen LogP contribution is -2.66. The molecular weight excluding hydrogens is 577 g/mol. The number of nitriles is 1. The van der Waals surface area contributed by atoms with Crippen molar-refractivity contribution in [3.05, 3.63) is 103 Å². The molecule has 2 heterocycles. The van der Waals surface area contributed by atoms with Crippen molar-refractivity contribution in [2.45, 2.75) is 64.6 Å². The van der Waals surface area contributed by atoms with E-state index in [0.717, 1.165) is 30.3 Å². The largest absolute Gasteiger partial charge is 0.496 e. The summed E-state index contributed by atoms with van der Waals surface area (Å²) in [6, 6.07) is 29.2. The van der Waals surface area contributed by atoms with E-state index in [0.29, 0.717) is 35.8 Å². The second kappa shape index (κ2) is 14.1.